The molecule has 3 N–H and O–H groups in total. The number of carboxylic acid groups (broad SMARTS) is 1. The van der Waals surface area contributed by atoms with Gasteiger partial charge in [0.05, 0.1) is 6.04 Å². The fraction of sp³-hybridized carbons (Fsp3) is 0.750. The lowest BCUT2D eigenvalue weighted by Gasteiger charge is -2.37. The number of nitrogens with one attached hydrogen (secondary N) is 2. The third kappa shape index (κ3) is 3.47. The predicted octanol–water partition coefficient (Wildman–Crippen LogP) is 0.545. The van der Waals surface area contributed by atoms with Crippen molar-refractivity contribution >= 4 is 12.0 Å². The Morgan fingerprint density at radius 3 is 2.90 bits per heavy atom. The second-order valence-corrected chi connectivity index (χ2v) is 5.29. The van der Waals surface area contributed by atoms with Gasteiger partial charge in [-0.1, -0.05) is 18.6 Å². The average Bonchev–Trinajstić information content (AvgIpc) is 3.00. The van der Waals surface area contributed by atoms with E-state index in [1.807, 2.05) is 6.92 Å². The van der Waals surface area contributed by atoms with Gasteiger partial charge >= 0.3 is 12.0 Å². The van der Waals surface area contributed by atoms with E-state index in [4.69, 9.17) is 0 Å². The van der Waals surface area contributed by atoms with E-state index in [9.17, 15) is 14.7 Å². The summed E-state index contributed by atoms with van der Waals surface area (Å²) in [6.07, 6.45) is 2.25. The largest absolute Gasteiger partial charge is 0.480 e. The predicted molar refractivity (Wildman–Crippen MR) is 72.3 cm³/mol. The number of H-pyrrole nitrogens is 1. The van der Waals surface area contributed by atoms with Crippen molar-refractivity contribution in [2.45, 2.75) is 45.2 Å². The molecule has 9 nitrogen and oxygen atoms in total. The summed E-state index contributed by atoms with van der Waals surface area (Å²) in [6.45, 7) is 4.20. The van der Waals surface area contributed by atoms with Gasteiger partial charge in [-0.15, -0.1) is 10.2 Å². The zero-order valence-electron chi connectivity index (χ0n) is 12.1. The molecular weight excluding hydrogens is 276 g/mol. The molecule has 3 unspecified atom stereocenters. The molecule has 0 radical (unpaired) electrons. The number of aromatic amines is 1. The van der Waals surface area contributed by atoms with Crippen LogP contribution in [0.1, 0.15) is 45.0 Å². The molecule has 0 saturated carbocycles. The number of nitrogens with zero attached hydrogens (tertiary/aromatic N) is 4. The summed E-state index contributed by atoms with van der Waals surface area (Å²) in [6, 6.07) is -1.62. The molecule has 116 valence electrons. The van der Waals surface area contributed by atoms with Crippen molar-refractivity contribution < 1.29 is 14.7 Å². The van der Waals surface area contributed by atoms with Crippen LogP contribution in [0.5, 0.6) is 0 Å². The van der Waals surface area contributed by atoms with Crippen LogP contribution < -0.4 is 5.32 Å². The van der Waals surface area contributed by atoms with Crippen LogP contribution in [0.3, 0.4) is 0 Å². The molecule has 0 bridgehead atoms. The summed E-state index contributed by atoms with van der Waals surface area (Å²) in [4.78, 5) is 25.0. The van der Waals surface area contributed by atoms with Crippen molar-refractivity contribution in [2.24, 2.45) is 5.92 Å². The summed E-state index contributed by atoms with van der Waals surface area (Å²) in [5.74, 6) is -0.251. The maximum Gasteiger partial charge on any atom is 0.326 e. The number of carbonyl (C=O) groups is 2. The van der Waals surface area contributed by atoms with Gasteiger partial charge in [-0.25, -0.2) is 9.59 Å². The number of carboxylic acids is 1. The molecule has 0 aliphatic carbocycles. The number of aliphatic carboxylic acids is 1. The summed E-state index contributed by atoms with van der Waals surface area (Å²) in [7, 11) is 0. The van der Waals surface area contributed by atoms with Gasteiger partial charge in [0.25, 0.3) is 0 Å². The molecule has 1 aliphatic rings. The maximum absolute atomic E-state index is 12.3. The highest BCUT2D eigenvalue weighted by Crippen LogP contribution is 2.26. The van der Waals surface area contributed by atoms with Crippen molar-refractivity contribution in [3.8, 4) is 0 Å². The zero-order chi connectivity index (χ0) is 15.4. The van der Waals surface area contributed by atoms with Crippen LogP contribution in [0, 0.1) is 5.92 Å². The number of urea groups is 1. The van der Waals surface area contributed by atoms with Crippen molar-refractivity contribution in [1.82, 2.24) is 30.8 Å². The van der Waals surface area contributed by atoms with E-state index in [1.54, 1.807) is 6.92 Å². The maximum atomic E-state index is 12.3. The Morgan fingerprint density at radius 2 is 2.33 bits per heavy atom. The molecule has 21 heavy (non-hydrogen) atoms. The number of tetrazole rings is 1. The normalized spacial score (nSPS) is 23.6. The fourth-order valence-electron chi connectivity index (χ4n) is 2.57. The Kier molecular flexibility index (Phi) is 4.71. The SMILES string of the molecule is CCC1CCN(C(=O)NC(C)c2nn[nH]n2)C(C(=O)O)C1. The minimum Gasteiger partial charge on any atom is -0.480 e. The topological polar surface area (TPSA) is 124 Å². The Balaban J connectivity index is 2.01. The van der Waals surface area contributed by atoms with Gasteiger partial charge in [0.2, 0.25) is 0 Å². The lowest BCUT2D eigenvalue weighted by molar-refractivity contribution is -0.144. The van der Waals surface area contributed by atoms with Crippen LogP contribution in [0.4, 0.5) is 4.79 Å². The molecule has 1 saturated heterocycles. The molecule has 0 aromatic carbocycles. The Bertz CT molecular complexity index is 491. The second kappa shape index (κ2) is 6.51. The Hall–Kier alpha value is -2.19. The molecule has 9 heteroatoms. The second-order valence-electron chi connectivity index (χ2n) is 5.29. The lowest BCUT2D eigenvalue weighted by Crippen LogP contribution is -2.53. The molecule has 1 aromatic rings. The fourth-order valence-corrected chi connectivity index (χ4v) is 2.57. The third-order valence-corrected chi connectivity index (χ3v) is 3.92. The van der Waals surface area contributed by atoms with Crippen molar-refractivity contribution in [1.29, 1.82) is 0 Å². The van der Waals surface area contributed by atoms with E-state index in [0.717, 1.165) is 12.8 Å². The number of likely N-dealkylation sites (tertiary alicyclic amines) is 1. The van der Waals surface area contributed by atoms with Crippen molar-refractivity contribution in [3.63, 3.8) is 0 Å². The minimum absolute atomic E-state index is 0.352. The van der Waals surface area contributed by atoms with Crippen molar-refractivity contribution in [2.75, 3.05) is 6.54 Å². The third-order valence-electron chi connectivity index (χ3n) is 3.92. The van der Waals surface area contributed by atoms with Crippen LogP contribution >= 0.6 is 0 Å². The van der Waals surface area contributed by atoms with Gasteiger partial charge in [-0.2, -0.15) is 5.21 Å². The Morgan fingerprint density at radius 1 is 1.57 bits per heavy atom. The first-order chi connectivity index (χ1) is 10.0. The molecule has 1 aromatic heterocycles. The number of rotatable bonds is 4. The highest BCUT2D eigenvalue weighted by molar-refractivity contribution is 5.83. The van der Waals surface area contributed by atoms with Crippen LogP contribution in [-0.4, -0.2) is 55.2 Å². The number of piperidine rings is 1. The average molecular weight is 296 g/mol. The van der Waals surface area contributed by atoms with Crippen LogP contribution in [-0.2, 0) is 4.79 Å². The van der Waals surface area contributed by atoms with Crippen LogP contribution in [0.2, 0.25) is 0 Å². The number of carbonyl (C=O) groups excluding carboxylic acids is 1. The number of amides is 2. The van der Waals surface area contributed by atoms with E-state index in [2.05, 4.69) is 25.9 Å². The number of hydrogen-bond acceptors (Lipinski definition) is 5. The number of hydrogen-bond donors (Lipinski definition) is 3. The summed E-state index contributed by atoms with van der Waals surface area (Å²) in [5.41, 5.74) is 0. The first-order valence-corrected chi connectivity index (χ1v) is 7.06. The standard InChI is InChI=1S/C12H20N6O3/c1-3-8-4-5-18(9(6-8)11(19)20)12(21)13-7(2)10-14-16-17-15-10/h7-9H,3-6H2,1-2H3,(H,13,21)(H,19,20)(H,14,15,16,17). The molecule has 2 rings (SSSR count). The summed E-state index contributed by atoms with van der Waals surface area (Å²) in [5, 5.41) is 25.4. The minimum atomic E-state index is -0.962. The van der Waals surface area contributed by atoms with Gasteiger partial charge in [0.1, 0.15) is 6.04 Å². The quantitative estimate of drug-likeness (QED) is 0.745. The van der Waals surface area contributed by atoms with Gasteiger partial charge in [-0.3, -0.25) is 0 Å². The highest BCUT2D eigenvalue weighted by Gasteiger charge is 2.36. The van der Waals surface area contributed by atoms with Gasteiger partial charge < -0.3 is 15.3 Å². The molecular formula is C12H20N6O3. The molecule has 1 aliphatic heterocycles. The smallest absolute Gasteiger partial charge is 0.326 e. The highest BCUT2D eigenvalue weighted by atomic mass is 16.4. The van der Waals surface area contributed by atoms with Gasteiger partial charge in [-0.05, 0) is 25.7 Å². The van der Waals surface area contributed by atoms with Crippen LogP contribution in [0.25, 0.3) is 0 Å². The first kappa shape index (κ1) is 15.2. The Labute approximate surface area is 122 Å². The van der Waals surface area contributed by atoms with E-state index in [1.165, 1.54) is 4.90 Å². The number of aromatic nitrogens is 4. The summed E-state index contributed by atoms with van der Waals surface area (Å²) >= 11 is 0. The van der Waals surface area contributed by atoms with Gasteiger partial charge in [0, 0.05) is 6.54 Å². The van der Waals surface area contributed by atoms with Crippen LogP contribution in [0.15, 0.2) is 0 Å². The zero-order valence-corrected chi connectivity index (χ0v) is 12.1. The molecule has 3 atom stereocenters. The molecule has 1 fully saturated rings. The molecule has 2 heterocycles. The lowest BCUT2D eigenvalue weighted by atomic mass is 9.89. The monoisotopic (exact) mass is 296 g/mol. The van der Waals surface area contributed by atoms with E-state index >= 15 is 0 Å². The van der Waals surface area contributed by atoms with E-state index in [-0.39, 0.29) is 0 Å². The molecule has 2 amide bonds. The van der Waals surface area contributed by atoms with E-state index < -0.39 is 24.1 Å². The van der Waals surface area contributed by atoms with Gasteiger partial charge in [0.15, 0.2) is 5.82 Å². The van der Waals surface area contributed by atoms with Crippen molar-refractivity contribution in [3.05, 3.63) is 5.82 Å². The van der Waals surface area contributed by atoms with E-state index in [0.29, 0.717) is 24.7 Å². The summed E-state index contributed by atoms with van der Waals surface area (Å²) < 4.78 is 0. The first-order valence-electron chi connectivity index (χ1n) is 7.06. The molecule has 0 spiro atoms.